The van der Waals surface area contributed by atoms with E-state index in [1.165, 1.54) is 37.0 Å². The molecule has 1 amide bonds. The SMILES string of the molecule is CC(C)(C)NC(=O)C[NH+]1CCCN(C(=S)NC2CCCCC2)CC1. The van der Waals surface area contributed by atoms with Gasteiger partial charge in [-0.2, -0.15) is 0 Å². The van der Waals surface area contributed by atoms with E-state index in [4.69, 9.17) is 12.2 Å². The first-order valence-corrected chi connectivity index (χ1v) is 9.94. The quantitative estimate of drug-likeness (QED) is 0.653. The molecule has 1 unspecified atom stereocenters. The van der Waals surface area contributed by atoms with E-state index >= 15 is 0 Å². The van der Waals surface area contributed by atoms with Gasteiger partial charge in [0, 0.05) is 24.5 Å². The minimum absolute atomic E-state index is 0.147. The molecule has 0 aromatic rings. The van der Waals surface area contributed by atoms with Gasteiger partial charge in [-0.1, -0.05) is 19.3 Å². The number of carbonyl (C=O) groups is 1. The third-order valence-corrected chi connectivity index (χ3v) is 5.21. The van der Waals surface area contributed by atoms with Crippen molar-refractivity contribution in [1.29, 1.82) is 0 Å². The minimum atomic E-state index is -0.153. The molecule has 1 saturated heterocycles. The molecule has 2 aliphatic rings. The molecule has 1 heterocycles. The molecule has 1 aliphatic heterocycles. The Hall–Kier alpha value is -0.880. The third kappa shape index (κ3) is 6.93. The van der Waals surface area contributed by atoms with Crippen LogP contribution in [0.1, 0.15) is 59.3 Å². The Morgan fingerprint density at radius 1 is 1.12 bits per heavy atom. The fourth-order valence-corrected chi connectivity index (χ4v) is 3.98. The number of hydrogen-bond donors (Lipinski definition) is 3. The van der Waals surface area contributed by atoms with Crippen molar-refractivity contribution in [2.24, 2.45) is 0 Å². The number of nitrogens with zero attached hydrogens (tertiary/aromatic N) is 1. The lowest BCUT2D eigenvalue weighted by atomic mass is 9.96. The maximum atomic E-state index is 12.1. The number of quaternary nitrogens is 1. The van der Waals surface area contributed by atoms with Gasteiger partial charge in [-0.25, -0.2) is 0 Å². The first-order chi connectivity index (χ1) is 11.3. The smallest absolute Gasteiger partial charge is 0.275 e. The molecule has 0 spiro atoms. The van der Waals surface area contributed by atoms with Crippen molar-refractivity contribution < 1.29 is 9.69 Å². The Morgan fingerprint density at radius 2 is 1.83 bits per heavy atom. The van der Waals surface area contributed by atoms with Crippen molar-refractivity contribution in [2.75, 3.05) is 32.7 Å². The van der Waals surface area contributed by atoms with Crippen LogP contribution < -0.4 is 15.5 Å². The van der Waals surface area contributed by atoms with Gasteiger partial charge in [0.05, 0.1) is 19.6 Å². The van der Waals surface area contributed by atoms with Gasteiger partial charge in [-0.05, 0) is 45.8 Å². The Kier molecular flexibility index (Phi) is 7.29. The zero-order chi connectivity index (χ0) is 17.6. The molecule has 0 bridgehead atoms. The van der Waals surface area contributed by atoms with E-state index in [9.17, 15) is 4.79 Å². The number of rotatable bonds is 3. The number of amides is 1. The number of carbonyl (C=O) groups excluding carboxylic acids is 1. The molecule has 6 heteroatoms. The summed E-state index contributed by atoms with van der Waals surface area (Å²) in [6.45, 7) is 10.6. The molecule has 24 heavy (non-hydrogen) atoms. The molecule has 2 fully saturated rings. The average Bonchev–Trinajstić information content (AvgIpc) is 2.72. The van der Waals surface area contributed by atoms with Gasteiger partial charge in [0.2, 0.25) is 0 Å². The molecule has 0 radical (unpaired) electrons. The summed E-state index contributed by atoms with van der Waals surface area (Å²) in [5, 5.41) is 7.55. The molecule has 0 aromatic heterocycles. The van der Waals surface area contributed by atoms with Gasteiger partial charge in [-0.3, -0.25) is 4.79 Å². The second kappa shape index (κ2) is 8.99. The fraction of sp³-hybridized carbons (Fsp3) is 0.889. The van der Waals surface area contributed by atoms with E-state index in [1.54, 1.807) is 0 Å². The standard InChI is InChI=1S/C18H34N4OS/c1-18(2,3)20-16(23)14-21-10-7-11-22(13-12-21)17(24)19-15-8-5-4-6-9-15/h15H,4-14H2,1-3H3,(H,19,24)(H,20,23)/p+1. The molecule has 138 valence electrons. The predicted octanol–water partition coefficient (Wildman–Crippen LogP) is 0.699. The van der Waals surface area contributed by atoms with Crippen LogP contribution in [0.5, 0.6) is 0 Å². The van der Waals surface area contributed by atoms with Crippen molar-refractivity contribution in [3.8, 4) is 0 Å². The summed E-state index contributed by atoms with van der Waals surface area (Å²) in [7, 11) is 0. The van der Waals surface area contributed by atoms with Crippen LogP contribution in [0.25, 0.3) is 0 Å². The molecule has 3 N–H and O–H groups in total. The molecule has 1 saturated carbocycles. The van der Waals surface area contributed by atoms with E-state index in [2.05, 4.69) is 15.5 Å². The summed E-state index contributed by atoms with van der Waals surface area (Å²) in [4.78, 5) is 15.8. The van der Waals surface area contributed by atoms with Crippen LogP contribution in [-0.4, -0.2) is 60.2 Å². The highest BCUT2D eigenvalue weighted by Crippen LogP contribution is 2.17. The van der Waals surface area contributed by atoms with Gasteiger partial charge in [-0.15, -0.1) is 0 Å². The highest BCUT2D eigenvalue weighted by Gasteiger charge is 2.24. The Bertz CT molecular complexity index is 429. The topological polar surface area (TPSA) is 48.8 Å². The van der Waals surface area contributed by atoms with Gasteiger partial charge < -0.3 is 20.4 Å². The van der Waals surface area contributed by atoms with Crippen LogP contribution in [0.4, 0.5) is 0 Å². The molecule has 1 aliphatic carbocycles. The maximum Gasteiger partial charge on any atom is 0.275 e. The van der Waals surface area contributed by atoms with Crippen LogP contribution in [-0.2, 0) is 4.79 Å². The Balaban J connectivity index is 1.75. The first-order valence-electron chi connectivity index (χ1n) is 9.53. The highest BCUT2D eigenvalue weighted by atomic mass is 32.1. The van der Waals surface area contributed by atoms with Crippen molar-refractivity contribution in [2.45, 2.75) is 70.9 Å². The van der Waals surface area contributed by atoms with E-state index in [-0.39, 0.29) is 11.4 Å². The summed E-state index contributed by atoms with van der Waals surface area (Å²) in [6.07, 6.45) is 7.59. The molecule has 5 nitrogen and oxygen atoms in total. The normalized spacial score (nSPS) is 23.5. The lowest BCUT2D eigenvalue weighted by Gasteiger charge is -2.29. The van der Waals surface area contributed by atoms with Gasteiger partial charge in [0.15, 0.2) is 11.7 Å². The van der Waals surface area contributed by atoms with Crippen molar-refractivity contribution in [3.05, 3.63) is 0 Å². The highest BCUT2D eigenvalue weighted by molar-refractivity contribution is 7.80. The summed E-state index contributed by atoms with van der Waals surface area (Å²) in [5.41, 5.74) is -0.153. The maximum absolute atomic E-state index is 12.1. The van der Waals surface area contributed by atoms with Crippen LogP contribution in [0.15, 0.2) is 0 Å². The average molecular weight is 356 g/mol. The van der Waals surface area contributed by atoms with Crippen molar-refractivity contribution in [3.63, 3.8) is 0 Å². The van der Waals surface area contributed by atoms with Gasteiger partial charge >= 0.3 is 0 Å². The summed E-state index contributed by atoms with van der Waals surface area (Å²) in [5.74, 6) is 0.147. The molecule has 1 atom stereocenters. The minimum Gasteiger partial charge on any atom is -0.360 e. The fourth-order valence-electron chi connectivity index (χ4n) is 3.63. The van der Waals surface area contributed by atoms with Crippen molar-refractivity contribution in [1.82, 2.24) is 15.5 Å². The van der Waals surface area contributed by atoms with Crippen molar-refractivity contribution >= 4 is 23.2 Å². The van der Waals surface area contributed by atoms with Gasteiger partial charge in [0.1, 0.15) is 0 Å². The zero-order valence-electron chi connectivity index (χ0n) is 15.6. The monoisotopic (exact) mass is 355 g/mol. The van der Waals surface area contributed by atoms with Crippen LogP contribution in [0, 0.1) is 0 Å². The third-order valence-electron chi connectivity index (χ3n) is 4.84. The number of nitrogens with one attached hydrogen (secondary N) is 3. The lowest BCUT2D eigenvalue weighted by molar-refractivity contribution is -0.889. The van der Waals surface area contributed by atoms with E-state index < -0.39 is 0 Å². The van der Waals surface area contributed by atoms with E-state index in [0.717, 1.165) is 37.7 Å². The second-order valence-corrected chi connectivity index (χ2v) is 8.74. The first kappa shape index (κ1) is 19.4. The summed E-state index contributed by atoms with van der Waals surface area (Å²) < 4.78 is 0. The lowest BCUT2D eigenvalue weighted by Crippen LogP contribution is -3.13. The van der Waals surface area contributed by atoms with Crippen LogP contribution >= 0.6 is 12.2 Å². The van der Waals surface area contributed by atoms with Gasteiger partial charge in [0.25, 0.3) is 5.91 Å². The molecule has 2 rings (SSSR count). The van der Waals surface area contributed by atoms with E-state index in [1.807, 2.05) is 20.8 Å². The zero-order valence-corrected chi connectivity index (χ0v) is 16.4. The summed E-state index contributed by atoms with van der Waals surface area (Å²) in [6, 6.07) is 0.565. The number of thiocarbonyl (C=S) groups is 1. The molecular weight excluding hydrogens is 320 g/mol. The number of hydrogen-bond acceptors (Lipinski definition) is 2. The Labute approximate surface area is 152 Å². The van der Waals surface area contributed by atoms with Crippen LogP contribution in [0.3, 0.4) is 0 Å². The molecule has 0 aromatic carbocycles. The molecular formula is C18H35N4OS+. The Morgan fingerprint density at radius 3 is 2.50 bits per heavy atom. The predicted molar refractivity (Wildman–Crippen MR) is 102 cm³/mol. The van der Waals surface area contributed by atoms with Crippen LogP contribution in [0.2, 0.25) is 0 Å². The summed E-state index contributed by atoms with van der Waals surface area (Å²) >= 11 is 5.64. The largest absolute Gasteiger partial charge is 0.360 e. The second-order valence-electron chi connectivity index (χ2n) is 8.35. The van der Waals surface area contributed by atoms with E-state index in [0.29, 0.717) is 12.6 Å².